The second kappa shape index (κ2) is 6.94. The van der Waals surface area contributed by atoms with Gasteiger partial charge in [-0.15, -0.1) is 0 Å². The molecule has 0 amide bonds. The van der Waals surface area contributed by atoms with Gasteiger partial charge in [0.1, 0.15) is 11.2 Å². The molecule has 0 radical (unpaired) electrons. The fourth-order valence-corrected chi connectivity index (χ4v) is 4.56. The molecule has 1 aromatic carbocycles. The van der Waals surface area contributed by atoms with Gasteiger partial charge in [-0.2, -0.15) is 4.98 Å². The number of aliphatic hydroxyl groups is 2. The zero-order chi connectivity index (χ0) is 22.8. The van der Waals surface area contributed by atoms with Gasteiger partial charge in [-0.05, 0) is 49.3 Å². The maximum absolute atomic E-state index is 12.3. The number of pyridine rings is 1. The Hall–Kier alpha value is -2.61. The topological polar surface area (TPSA) is 104 Å². The third-order valence-corrected chi connectivity index (χ3v) is 7.27. The third kappa shape index (κ3) is 3.27. The fraction of sp³-hybridized carbons (Fsp3) is 0.480. The molecule has 7 nitrogen and oxygen atoms in total. The summed E-state index contributed by atoms with van der Waals surface area (Å²) < 4.78 is 5.23. The maximum Gasteiger partial charge on any atom is 0.258 e. The molecule has 7 heteroatoms. The Morgan fingerprint density at radius 3 is 2.22 bits per heavy atom. The first-order valence-electron chi connectivity index (χ1n) is 11.1. The highest BCUT2D eigenvalue weighted by molar-refractivity contribution is 5.56. The van der Waals surface area contributed by atoms with E-state index in [4.69, 9.17) is 4.52 Å². The normalized spacial score (nSPS) is 20.9. The molecular weight excluding hydrogens is 404 g/mol. The average Bonchev–Trinajstić information content (AvgIpc) is 3.30. The summed E-state index contributed by atoms with van der Waals surface area (Å²) in [6, 6.07) is 10.3. The van der Waals surface area contributed by atoms with Crippen molar-refractivity contribution < 1.29 is 14.7 Å². The summed E-state index contributed by atoms with van der Waals surface area (Å²) in [6.45, 7) is 8.94. The highest BCUT2D eigenvalue weighted by Crippen LogP contribution is 2.50. The van der Waals surface area contributed by atoms with Crippen molar-refractivity contribution >= 4 is 0 Å². The molecule has 3 heterocycles. The van der Waals surface area contributed by atoms with Crippen LogP contribution in [-0.2, 0) is 16.6 Å². The third-order valence-electron chi connectivity index (χ3n) is 7.27. The zero-order valence-electron chi connectivity index (χ0n) is 19.0. The number of aromatic nitrogens is 3. The van der Waals surface area contributed by atoms with Crippen LogP contribution < -0.4 is 5.32 Å². The van der Waals surface area contributed by atoms with Crippen LogP contribution in [0.15, 0.2) is 47.2 Å². The summed E-state index contributed by atoms with van der Waals surface area (Å²) in [5, 5.41) is 29.7. The zero-order valence-corrected chi connectivity index (χ0v) is 19.0. The summed E-state index contributed by atoms with van der Waals surface area (Å²) in [5.74, 6) is 0.459. The molecule has 0 spiro atoms. The van der Waals surface area contributed by atoms with E-state index in [-0.39, 0.29) is 11.3 Å². The summed E-state index contributed by atoms with van der Waals surface area (Å²) in [7, 11) is 0. The molecule has 0 unspecified atom stereocenters. The average molecular weight is 435 g/mol. The Kier molecular flexibility index (Phi) is 4.61. The molecule has 5 rings (SSSR count). The lowest BCUT2D eigenvalue weighted by atomic mass is 9.63. The largest absolute Gasteiger partial charge is 0.381 e. The van der Waals surface area contributed by atoms with E-state index in [1.807, 2.05) is 6.07 Å². The minimum Gasteiger partial charge on any atom is -0.381 e. The first-order valence-corrected chi connectivity index (χ1v) is 11.1. The van der Waals surface area contributed by atoms with Crippen molar-refractivity contribution in [1.29, 1.82) is 0 Å². The number of rotatable bonds is 6. The summed E-state index contributed by atoms with van der Waals surface area (Å²) in [4.78, 5) is 8.73. The van der Waals surface area contributed by atoms with Gasteiger partial charge in [0.15, 0.2) is 0 Å². The number of nitrogens with zero attached hydrogens (tertiary/aromatic N) is 3. The summed E-state index contributed by atoms with van der Waals surface area (Å²) in [6.07, 6.45) is 5.77. The summed E-state index contributed by atoms with van der Waals surface area (Å²) in [5.41, 5.74) is 0.869. The smallest absolute Gasteiger partial charge is 0.258 e. The molecule has 1 saturated carbocycles. The lowest BCUT2D eigenvalue weighted by Gasteiger charge is -2.52. The molecule has 3 N–H and O–H groups in total. The minimum absolute atomic E-state index is 0.132. The molecule has 2 fully saturated rings. The quantitative estimate of drug-likeness (QED) is 0.547. The van der Waals surface area contributed by atoms with E-state index >= 15 is 0 Å². The molecule has 32 heavy (non-hydrogen) atoms. The molecule has 2 aromatic heterocycles. The molecule has 3 aromatic rings. The predicted octanol–water partition coefficient (Wildman–Crippen LogP) is 3.26. The van der Waals surface area contributed by atoms with Crippen LogP contribution in [0.3, 0.4) is 0 Å². The van der Waals surface area contributed by atoms with Crippen LogP contribution in [0.2, 0.25) is 0 Å². The molecule has 0 bridgehead atoms. The van der Waals surface area contributed by atoms with Crippen LogP contribution in [0.1, 0.15) is 63.1 Å². The van der Waals surface area contributed by atoms with Crippen LogP contribution in [0, 0.1) is 5.41 Å². The first-order chi connectivity index (χ1) is 15.1. The van der Waals surface area contributed by atoms with Crippen molar-refractivity contribution in [2.75, 3.05) is 13.1 Å². The van der Waals surface area contributed by atoms with Gasteiger partial charge in [0.25, 0.3) is 5.89 Å². The second-order valence-corrected chi connectivity index (χ2v) is 10.5. The molecule has 1 saturated heterocycles. The Morgan fingerprint density at radius 1 is 1.00 bits per heavy atom. The molecule has 1 atom stereocenters. The van der Waals surface area contributed by atoms with Gasteiger partial charge in [0.2, 0.25) is 5.82 Å². The van der Waals surface area contributed by atoms with Gasteiger partial charge in [-0.25, -0.2) is 0 Å². The molecular formula is C25H30N4O3. The van der Waals surface area contributed by atoms with E-state index in [1.165, 1.54) is 18.4 Å². The van der Waals surface area contributed by atoms with Gasteiger partial charge in [0.05, 0.1) is 0 Å². The van der Waals surface area contributed by atoms with Crippen LogP contribution in [0.25, 0.3) is 11.4 Å². The van der Waals surface area contributed by atoms with E-state index in [1.54, 1.807) is 26.2 Å². The monoisotopic (exact) mass is 434 g/mol. The van der Waals surface area contributed by atoms with Crippen LogP contribution >= 0.6 is 0 Å². The molecule has 1 aliphatic carbocycles. The van der Waals surface area contributed by atoms with Crippen LogP contribution in [0.4, 0.5) is 0 Å². The highest BCUT2D eigenvalue weighted by Gasteiger charge is 2.53. The van der Waals surface area contributed by atoms with E-state index in [2.05, 4.69) is 58.6 Å². The van der Waals surface area contributed by atoms with E-state index in [0.29, 0.717) is 30.0 Å². The predicted molar refractivity (Wildman–Crippen MR) is 120 cm³/mol. The number of benzene rings is 1. The van der Waals surface area contributed by atoms with Crippen molar-refractivity contribution in [3.8, 4) is 11.4 Å². The van der Waals surface area contributed by atoms with Crippen molar-refractivity contribution in [2.24, 2.45) is 5.41 Å². The van der Waals surface area contributed by atoms with Crippen molar-refractivity contribution in [3.05, 3.63) is 65.3 Å². The second-order valence-electron chi connectivity index (χ2n) is 10.5. The van der Waals surface area contributed by atoms with Gasteiger partial charge in [0, 0.05) is 42.0 Å². The standard InChI is InChI=1S/C25H30N4O3/c1-22(2,30)21-28-20(29-32-21)16-11-19(13-26-12-16)25(31,24(4)14-27-15-24)18-7-5-17(6-8-18)23(3)9-10-23/h5-8,11-13,27,30-31H,9-10,14-15H2,1-4H3/t25-/m0/s1. The number of nitrogens with one attached hydrogen (secondary N) is 1. The summed E-state index contributed by atoms with van der Waals surface area (Å²) >= 11 is 0. The fourth-order valence-electron chi connectivity index (χ4n) is 4.56. The molecule has 2 aliphatic rings. The SMILES string of the molecule is CC(C)(O)c1nc(-c2cncc([C@@](O)(c3ccc(C4(C)CC4)cc3)C3(C)CNC3)c2)no1. The van der Waals surface area contributed by atoms with Gasteiger partial charge in [-0.1, -0.05) is 43.3 Å². The van der Waals surface area contributed by atoms with Crippen molar-refractivity contribution in [1.82, 2.24) is 20.4 Å². The van der Waals surface area contributed by atoms with E-state index in [0.717, 1.165) is 5.56 Å². The highest BCUT2D eigenvalue weighted by atomic mass is 16.5. The van der Waals surface area contributed by atoms with Crippen molar-refractivity contribution in [2.45, 2.75) is 57.2 Å². The van der Waals surface area contributed by atoms with E-state index in [9.17, 15) is 10.2 Å². The van der Waals surface area contributed by atoms with Gasteiger partial charge in [-0.3, -0.25) is 4.98 Å². The number of hydrogen-bond donors (Lipinski definition) is 3. The Labute approximate surface area is 187 Å². The van der Waals surface area contributed by atoms with Gasteiger partial charge < -0.3 is 20.1 Å². The Balaban J connectivity index is 1.57. The maximum atomic E-state index is 12.3. The number of hydrogen-bond acceptors (Lipinski definition) is 7. The minimum atomic E-state index is -1.24. The lowest BCUT2D eigenvalue weighted by Crippen LogP contribution is -2.63. The first kappa shape index (κ1) is 21.2. The van der Waals surface area contributed by atoms with Gasteiger partial charge >= 0.3 is 0 Å². The lowest BCUT2D eigenvalue weighted by molar-refractivity contribution is -0.0769. The van der Waals surface area contributed by atoms with E-state index < -0.39 is 16.6 Å². The molecule has 168 valence electrons. The van der Waals surface area contributed by atoms with Crippen LogP contribution in [-0.4, -0.2) is 38.4 Å². The molecule has 1 aliphatic heterocycles. The van der Waals surface area contributed by atoms with Crippen molar-refractivity contribution in [3.63, 3.8) is 0 Å². The Morgan fingerprint density at radius 2 is 1.69 bits per heavy atom. The van der Waals surface area contributed by atoms with Crippen LogP contribution in [0.5, 0.6) is 0 Å². The Bertz CT molecular complexity index is 1140.